The zero-order valence-electron chi connectivity index (χ0n) is 11.6. The molecule has 0 radical (unpaired) electrons. The average molecular weight is 238 g/mol. The van der Waals surface area contributed by atoms with E-state index in [1.54, 1.807) is 0 Å². The van der Waals surface area contributed by atoms with Crippen LogP contribution in [0.25, 0.3) is 0 Å². The van der Waals surface area contributed by atoms with E-state index in [4.69, 9.17) is 11.0 Å². The molecule has 17 heavy (non-hydrogen) atoms. The minimum absolute atomic E-state index is 0.359. The zero-order chi connectivity index (χ0) is 13.1. The molecule has 2 unspecified atom stereocenters. The highest BCUT2D eigenvalue weighted by molar-refractivity contribution is 5.03. The predicted molar refractivity (Wildman–Crippen MR) is 70.6 cm³/mol. The molecule has 0 aromatic carbocycles. The van der Waals surface area contributed by atoms with E-state index < -0.39 is 5.54 Å². The van der Waals surface area contributed by atoms with Crippen molar-refractivity contribution < 1.29 is 0 Å². The Labute approximate surface area is 105 Å². The van der Waals surface area contributed by atoms with Crippen molar-refractivity contribution >= 4 is 0 Å². The molecule has 98 valence electrons. The van der Waals surface area contributed by atoms with Crippen LogP contribution in [-0.2, 0) is 0 Å². The highest BCUT2D eigenvalue weighted by Crippen LogP contribution is 2.20. The number of nitrogens with zero attached hydrogens (tertiary/aromatic N) is 3. The first-order valence-electron chi connectivity index (χ1n) is 6.46. The Hall–Kier alpha value is -0.630. The molecule has 1 saturated heterocycles. The van der Waals surface area contributed by atoms with E-state index in [1.165, 1.54) is 25.9 Å². The molecule has 2 atom stereocenters. The van der Waals surface area contributed by atoms with Crippen LogP contribution in [0.4, 0.5) is 0 Å². The first-order chi connectivity index (χ1) is 7.85. The summed E-state index contributed by atoms with van der Waals surface area (Å²) in [5.74, 6) is 0. The first-order valence-corrected chi connectivity index (χ1v) is 6.46. The Morgan fingerprint density at radius 1 is 1.53 bits per heavy atom. The maximum Gasteiger partial charge on any atom is 0.102 e. The number of likely N-dealkylation sites (tertiary alicyclic amines) is 1. The number of nitrogens with two attached hydrogens (primary N) is 1. The molecule has 0 aromatic heterocycles. The van der Waals surface area contributed by atoms with Crippen LogP contribution in [-0.4, -0.2) is 54.6 Å². The fourth-order valence-corrected chi connectivity index (χ4v) is 2.57. The molecule has 4 nitrogen and oxygen atoms in total. The highest BCUT2D eigenvalue weighted by atomic mass is 15.2. The van der Waals surface area contributed by atoms with Gasteiger partial charge in [0.25, 0.3) is 0 Å². The molecular formula is C13H26N4. The summed E-state index contributed by atoms with van der Waals surface area (Å²) in [6.07, 6.45) is 3.16. The van der Waals surface area contributed by atoms with Gasteiger partial charge in [-0.1, -0.05) is 0 Å². The standard InChI is InChI=1S/C13H26N4/c1-11(9-13(2,15)10-14)17(4)12-5-7-16(3)8-6-12/h11-12H,5-9,15H2,1-4H3. The molecule has 1 aliphatic rings. The third-order valence-electron chi connectivity index (χ3n) is 3.93. The summed E-state index contributed by atoms with van der Waals surface area (Å²) in [6.45, 7) is 6.31. The maximum absolute atomic E-state index is 8.97. The van der Waals surface area contributed by atoms with Crippen LogP contribution in [0.5, 0.6) is 0 Å². The van der Waals surface area contributed by atoms with Crippen molar-refractivity contribution in [3.63, 3.8) is 0 Å². The van der Waals surface area contributed by atoms with E-state index in [-0.39, 0.29) is 0 Å². The second-order valence-corrected chi connectivity index (χ2v) is 5.78. The van der Waals surface area contributed by atoms with Gasteiger partial charge < -0.3 is 15.5 Å². The van der Waals surface area contributed by atoms with Gasteiger partial charge in [0.1, 0.15) is 5.54 Å². The molecule has 0 amide bonds. The molecular weight excluding hydrogens is 212 g/mol. The molecule has 1 heterocycles. The fraction of sp³-hybridized carbons (Fsp3) is 0.923. The first kappa shape index (κ1) is 14.4. The van der Waals surface area contributed by atoms with E-state index in [0.29, 0.717) is 12.1 Å². The lowest BCUT2D eigenvalue weighted by molar-refractivity contribution is 0.104. The van der Waals surface area contributed by atoms with Gasteiger partial charge in [0.05, 0.1) is 6.07 Å². The van der Waals surface area contributed by atoms with Crippen LogP contribution in [0.3, 0.4) is 0 Å². The second-order valence-electron chi connectivity index (χ2n) is 5.78. The van der Waals surface area contributed by atoms with Crippen LogP contribution in [0.1, 0.15) is 33.1 Å². The monoisotopic (exact) mass is 238 g/mol. The molecule has 4 heteroatoms. The maximum atomic E-state index is 8.97. The number of piperidine rings is 1. The van der Waals surface area contributed by atoms with Gasteiger partial charge in [-0.2, -0.15) is 5.26 Å². The molecule has 0 spiro atoms. The van der Waals surface area contributed by atoms with E-state index in [2.05, 4.69) is 36.9 Å². The van der Waals surface area contributed by atoms with Crippen molar-refractivity contribution in [3.05, 3.63) is 0 Å². The molecule has 0 saturated carbocycles. The van der Waals surface area contributed by atoms with Crippen molar-refractivity contribution in [1.82, 2.24) is 9.80 Å². The van der Waals surface area contributed by atoms with Crippen molar-refractivity contribution in [2.45, 2.75) is 50.7 Å². The Morgan fingerprint density at radius 3 is 2.53 bits per heavy atom. The largest absolute Gasteiger partial charge is 0.314 e. The smallest absolute Gasteiger partial charge is 0.102 e. The molecule has 1 fully saturated rings. The van der Waals surface area contributed by atoms with Crippen LogP contribution in [0.2, 0.25) is 0 Å². The zero-order valence-corrected chi connectivity index (χ0v) is 11.6. The summed E-state index contributed by atoms with van der Waals surface area (Å²) >= 11 is 0. The van der Waals surface area contributed by atoms with Crippen LogP contribution in [0, 0.1) is 11.3 Å². The predicted octanol–water partition coefficient (Wildman–Crippen LogP) is 1.03. The van der Waals surface area contributed by atoms with Gasteiger partial charge in [0.15, 0.2) is 0 Å². The molecule has 0 bridgehead atoms. The average Bonchev–Trinajstić information content (AvgIpc) is 2.28. The summed E-state index contributed by atoms with van der Waals surface area (Å²) in [4.78, 5) is 4.77. The van der Waals surface area contributed by atoms with Crippen molar-refractivity contribution in [2.75, 3.05) is 27.2 Å². The van der Waals surface area contributed by atoms with Gasteiger partial charge in [0, 0.05) is 12.1 Å². The summed E-state index contributed by atoms with van der Waals surface area (Å²) in [6, 6.07) is 3.17. The summed E-state index contributed by atoms with van der Waals surface area (Å²) in [5, 5.41) is 8.97. The van der Waals surface area contributed by atoms with Crippen molar-refractivity contribution in [3.8, 4) is 6.07 Å². The van der Waals surface area contributed by atoms with E-state index >= 15 is 0 Å². The van der Waals surface area contributed by atoms with E-state index in [0.717, 1.165) is 6.42 Å². The fourth-order valence-electron chi connectivity index (χ4n) is 2.57. The van der Waals surface area contributed by atoms with Crippen LogP contribution < -0.4 is 5.73 Å². The minimum Gasteiger partial charge on any atom is -0.314 e. The third-order valence-corrected chi connectivity index (χ3v) is 3.93. The Bertz CT molecular complexity index is 274. The van der Waals surface area contributed by atoms with Crippen LogP contribution in [0.15, 0.2) is 0 Å². The quantitative estimate of drug-likeness (QED) is 0.795. The van der Waals surface area contributed by atoms with Gasteiger partial charge in [-0.05, 0) is 60.3 Å². The Morgan fingerprint density at radius 2 is 2.06 bits per heavy atom. The lowest BCUT2D eigenvalue weighted by atomic mass is 9.94. The SMILES string of the molecule is CC(CC(C)(N)C#N)N(C)C1CCN(C)CC1. The van der Waals surface area contributed by atoms with Gasteiger partial charge in [-0.15, -0.1) is 0 Å². The number of nitriles is 1. The molecule has 0 aromatic rings. The van der Waals surface area contributed by atoms with Crippen molar-refractivity contribution in [1.29, 1.82) is 5.26 Å². The second kappa shape index (κ2) is 5.81. The van der Waals surface area contributed by atoms with Crippen LogP contribution >= 0.6 is 0 Å². The van der Waals surface area contributed by atoms with E-state index in [9.17, 15) is 0 Å². The molecule has 1 aliphatic heterocycles. The summed E-state index contributed by atoms with van der Waals surface area (Å²) in [7, 11) is 4.33. The Kier molecular flexibility index (Phi) is 4.93. The minimum atomic E-state index is -0.709. The van der Waals surface area contributed by atoms with E-state index in [1.807, 2.05) is 6.92 Å². The topological polar surface area (TPSA) is 56.3 Å². The number of rotatable bonds is 4. The van der Waals surface area contributed by atoms with Crippen molar-refractivity contribution in [2.24, 2.45) is 5.73 Å². The number of hydrogen-bond donors (Lipinski definition) is 1. The van der Waals surface area contributed by atoms with Gasteiger partial charge in [0.2, 0.25) is 0 Å². The molecule has 2 N–H and O–H groups in total. The summed E-state index contributed by atoms with van der Waals surface area (Å²) < 4.78 is 0. The normalized spacial score (nSPS) is 24.3. The molecule has 0 aliphatic carbocycles. The third kappa shape index (κ3) is 4.27. The molecule has 1 rings (SSSR count). The van der Waals surface area contributed by atoms with Gasteiger partial charge in [-0.3, -0.25) is 0 Å². The lowest BCUT2D eigenvalue weighted by Crippen LogP contribution is -2.49. The Balaban J connectivity index is 2.47. The number of hydrogen-bond acceptors (Lipinski definition) is 4. The van der Waals surface area contributed by atoms with Gasteiger partial charge >= 0.3 is 0 Å². The highest BCUT2D eigenvalue weighted by Gasteiger charge is 2.28. The summed E-state index contributed by atoms with van der Waals surface area (Å²) in [5.41, 5.74) is 5.20. The van der Waals surface area contributed by atoms with Gasteiger partial charge in [-0.25, -0.2) is 0 Å². The lowest BCUT2D eigenvalue weighted by Gasteiger charge is -2.39.